The zero-order valence-electron chi connectivity index (χ0n) is 7.28. The zero-order chi connectivity index (χ0) is 10.1. The van der Waals surface area contributed by atoms with Crippen LogP contribution in [0.5, 0.6) is 0 Å². The summed E-state index contributed by atoms with van der Waals surface area (Å²) in [5, 5.41) is 9.87. The fourth-order valence-corrected chi connectivity index (χ4v) is 2.21. The minimum absolute atomic E-state index is 0.175. The van der Waals surface area contributed by atoms with Gasteiger partial charge in [-0.25, -0.2) is 0 Å². The van der Waals surface area contributed by atoms with E-state index in [0.29, 0.717) is 23.7 Å². The van der Waals surface area contributed by atoms with Crippen molar-refractivity contribution in [2.45, 2.75) is 18.6 Å². The van der Waals surface area contributed by atoms with Crippen molar-refractivity contribution >= 4 is 27.5 Å². The summed E-state index contributed by atoms with van der Waals surface area (Å²) in [4.78, 5) is 4.18. The van der Waals surface area contributed by atoms with Gasteiger partial charge in [0, 0.05) is 17.1 Å². The first-order chi connectivity index (χ1) is 6.66. The van der Waals surface area contributed by atoms with Crippen LogP contribution in [0.25, 0.3) is 0 Å². The van der Waals surface area contributed by atoms with Gasteiger partial charge in [0.05, 0.1) is 23.4 Å². The number of aliphatic hydroxyl groups excluding tert-OH is 1. The smallest absolute Gasteiger partial charge is 0.104 e. The van der Waals surface area contributed by atoms with Crippen LogP contribution >= 0.6 is 27.5 Å². The number of hydrogen-bond acceptors (Lipinski definition) is 3. The molecule has 0 amide bonds. The Morgan fingerprint density at radius 3 is 3.00 bits per heavy atom. The molecular formula is C9H9BrClNO2. The van der Waals surface area contributed by atoms with E-state index in [1.165, 1.54) is 0 Å². The highest BCUT2D eigenvalue weighted by Crippen LogP contribution is 2.32. The molecule has 0 saturated carbocycles. The topological polar surface area (TPSA) is 42.4 Å². The molecule has 5 heteroatoms. The Bertz CT molecular complexity index is 348. The van der Waals surface area contributed by atoms with Gasteiger partial charge >= 0.3 is 0 Å². The lowest BCUT2D eigenvalue weighted by molar-refractivity contribution is 0.0868. The van der Waals surface area contributed by atoms with E-state index in [4.69, 9.17) is 16.3 Å². The standard InChI is InChI=1S/C9H9BrClNO2/c10-5-1-7(11)9(12-3-5)8-2-6(13)4-14-8/h1,3,6,8,13H,2,4H2. The van der Waals surface area contributed by atoms with Crippen LogP contribution in [0.1, 0.15) is 18.2 Å². The summed E-state index contributed by atoms with van der Waals surface area (Å²) < 4.78 is 6.20. The van der Waals surface area contributed by atoms with Crippen molar-refractivity contribution in [2.24, 2.45) is 0 Å². The molecule has 0 aromatic carbocycles. The maximum absolute atomic E-state index is 9.30. The predicted octanol–water partition coefficient (Wildman–Crippen LogP) is 2.32. The minimum atomic E-state index is -0.401. The fraction of sp³-hybridized carbons (Fsp3) is 0.444. The molecule has 76 valence electrons. The third-order valence-corrected chi connectivity index (χ3v) is 2.85. The Hall–Kier alpha value is -0.160. The summed E-state index contributed by atoms with van der Waals surface area (Å²) in [5.74, 6) is 0. The SMILES string of the molecule is OC1COC(c2ncc(Br)cc2Cl)C1. The largest absolute Gasteiger partial charge is 0.391 e. The maximum atomic E-state index is 9.30. The molecule has 1 aliphatic heterocycles. The number of aliphatic hydroxyl groups is 1. The number of hydrogen-bond donors (Lipinski definition) is 1. The first kappa shape index (κ1) is 10.4. The second-order valence-corrected chi connectivity index (χ2v) is 4.55. The monoisotopic (exact) mass is 277 g/mol. The number of nitrogens with zero attached hydrogens (tertiary/aromatic N) is 1. The number of ether oxygens (including phenoxy) is 1. The van der Waals surface area contributed by atoms with Crippen LogP contribution in [0.2, 0.25) is 5.02 Å². The highest BCUT2D eigenvalue weighted by molar-refractivity contribution is 9.10. The average molecular weight is 279 g/mol. The van der Waals surface area contributed by atoms with E-state index in [1.807, 2.05) is 0 Å². The van der Waals surface area contributed by atoms with Crippen molar-refractivity contribution in [1.29, 1.82) is 0 Å². The molecule has 0 radical (unpaired) electrons. The van der Waals surface area contributed by atoms with Crippen molar-refractivity contribution in [3.63, 3.8) is 0 Å². The quantitative estimate of drug-likeness (QED) is 0.857. The van der Waals surface area contributed by atoms with Crippen LogP contribution in [-0.2, 0) is 4.74 Å². The van der Waals surface area contributed by atoms with Crippen LogP contribution in [-0.4, -0.2) is 22.8 Å². The minimum Gasteiger partial charge on any atom is -0.391 e. The van der Waals surface area contributed by atoms with Gasteiger partial charge in [-0.15, -0.1) is 0 Å². The Morgan fingerprint density at radius 2 is 2.43 bits per heavy atom. The number of aromatic nitrogens is 1. The zero-order valence-corrected chi connectivity index (χ0v) is 9.62. The molecule has 1 aromatic heterocycles. The normalized spacial score (nSPS) is 26.8. The van der Waals surface area contributed by atoms with Crippen LogP contribution in [0, 0.1) is 0 Å². The lowest BCUT2D eigenvalue weighted by Gasteiger charge is -2.09. The number of pyridine rings is 1. The first-order valence-electron chi connectivity index (χ1n) is 4.27. The van der Waals surface area contributed by atoms with Crippen LogP contribution in [0.3, 0.4) is 0 Å². The Balaban J connectivity index is 2.24. The van der Waals surface area contributed by atoms with E-state index in [2.05, 4.69) is 20.9 Å². The van der Waals surface area contributed by atoms with E-state index in [1.54, 1.807) is 12.3 Å². The summed E-state index contributed by atoms with van der Waals surface area (Å²) in [5.41, 5.74) is 0.700. The van der Waals surface area contributed by atoms with Crippen LogP contribution < -0.4 is 0 Å². The van der Waals surface area contributed by atoms with Gasteiger partial charge in [-0.3, -0.25) is 4.98 Å². The predicted molar refractivity (Wildman–Crippen MR) is 56.3 cm³/mol. The van der Waals surface area contributed by atoms with Gasteiger partial charge in [-0.2, -0.15) is 0 Å². The van der Waals surface area contributed by atoms with E-state index in [9.17, 15) is 5.11 Å². The van der Waals surface area contributed by atoms with E-state index in [-0.39, 0.29) is 6.10 Å². The van der Waals surface area contributed by atoms with Crippen LogP contribution in [0.15, 0.2) is 16.7 Å². The molecule has 1 aromatic rings. The molecule has 0 bridgehead atoms. The van der Waals surface area contributed by atoms with Gasteiger partial charge in [0.15, 0.2) is 0 Å². The second kappa shape index (κ2) is 4.14. The molecule has 2 atom stereocenters. The van der Waals surface area contributed by atoms with E-state index < -0.39 is 6.10 Å². The molecule has 2 heterocycles. The number of rotatable bonds is 1. The van der Waals surface area contributed by atoms with Gasteiger partial charge in [0.25, 0.3) is 0 Å². The molecule has 2 rings (SSSR count). The van der Waals surface area contributed by atoms with Crippen molar-refractivity contribution in [3.8, 4) is 0 Å². The molecular weight excluding hydrogens is 269 g/mol. The van der Waals surface area contributed by atoms with Gasteiger partial charge in [-0.05, 0) is 22.0 Å². The van der Waals surface area contributed by atoms with E-state index in [0.717, 1.165) is 4.47 Å². The van der Waals surface area contributed by atoms with Crippen molar-refractivity contribution in [3.05, 3.63) is 27.5 Å². The fourth-order valence-electron chi connectivity index (χ4n) is 1.46. The Morgan fingerprint density at radius 1 is 1.64 bits per heavy atom. The molecule has 3 nitrogen and oxygen atoms in total. The molecule has 0 spiro atoms. The maximum Gasteiger partial charge on any atom is 0.104 e. The molecule has 1 N–H and O–H groups in total. The highest BCUT2D eigenvalue weighted by atomic mass is 79.9. The summed E-state index contributed by atoms with van der Waals surface area (Å²) in [6.45, 7) is 0.360. The van der Waals surface area contributed by atoms with E-state index >= 15 is 0 Å². The molecule has 1 fully saturated rings. The van der Waals surface area contributed by atoms with Gasteiger partial charge in [0.2, 0.25) is 0 Å². The molecule has 0 aliphatic carbocycles. The van der Waals surface area contributed by atoms with Crippen LogP contribution in [0.4, 0.5) is 0 Å². The third-order valence-electron chi connectivity index (χ3n) is 2.12. The highest BCUT2D eigenvalue weighted by Gasteiger charge is 2.27. The molecule has 1 saturated heterocycles. The third kappa shape index (κ3) is 2.08. The second-order valence-electron chi connectivity index (χ2n) is 3.23. The van der Waals surface area contributed by atoms with Gasteiger partial charge in [0.1, 0.15) is 6.10 Å². The molecule has 2 unspecified atom stereocenters. The summed E-state index contributed by atoms with van der Waals surface area (Å²) in [7, 11) is 0. The van der Waals surface area contributed by atoms with Crippen molar-refractivity contribution < 1.29 is 9.84 Å². The Kier molecular flexibility index (Phi) is 3.07. The lowest BCUT2D eigenvalue weighted by atomic mass is 10.1. The number of halogens is 2. The summed E-state index contributed by atoms with van der Waals surface area (Å²) >= 11 is 9.28. The van der Waals surface area contributed by atoms with Crippen molar-refractivity contribution in [1.82, 2.24) is 4.98 Å². The summed E-state index contributed by atoms with van der Waals surface area (Å²) in [6, 6.07) is 1.78. The Labute approximate surface area is 95.2 Å². The summed E-state index contributed by atoms with van der Waals surface area (Å²) in [6.07, 6.45) is 1.66. The first-order valence-corrected chi connectivity index (χ1v) is 5.44. The molecule has 14 heavy (non-hydrogen) atoms. The van der Waals surface area contributed by atoms with Crippen molar-refractivity contribution in [2.75, 3.05) is 6.61 Å². The molecule has 1 aliphatic rings. The van der Waals surface area contributed by atoms with Gasteiger partial charge < -0.3 is 9.84 Å². The lowest BCUT2D eigenvalue weighted by Crippen LogP contribution is -2.03. The average Bonchev–Trinajstić information content (AvgIpc) is 2.51. The van der Waals surface area contributed by atoms with Gasteiger partial charge in [-0.1, -0.05) is 11.6 Å².